The van der Waals surface area contributed by atoms with Crippen LogP contribution in [-0.2, 0) is 16.0 Å². The van der Waals surface area contributed by atoms with E-state index in [2.05, 4.69) is 26.1 Å². The van der Waals surface area contributed by atoms with Gasteiger partial charge < -0.3 is 31.5 Å². The van der Waals surface area contributed by atoms with E-state index >= 15 is 0 Å². The number of ketones is 2. The molecular weight excluding hydrogens is 500 g/mol. The van der Waals surface area contributed by atoms with Crippen molar-refractivity contribution in [1.82, 2.24) is 0 Å². The van der Waals surface area contributed by atoms with E-state index in [-0.39, 0.29) is 48.2 Å². The van der Waals surface area contributed by atoms with Gasteiger partial charge in [0.1, 0.15) is 11.5 Å². The summed E-state index contributed by atoms with van der Waals surface area (Å²) in [5.74, 6) is -5.33. The largest absolute Gasteiger partial charge is 0.508 e. The number of aliphatic hydroxyl groups excluding tert-OH is 2. The molecule has 0 heterocycles. The quantitative estimate of drug-likeness (QED) is 0.279. The molecule has 0 aromatic heterocycles. The fourth-order valence-electron chi connectivity index (χ4n) is 5.72. The van der Waals surface area contributed by atoms with E-state index in [0.29, 0.717) is 5.56 Å². The highest BCUT2D eigenvalue weighted by atomic mass is 16.3. The van der Waals surface area contributed by atoms with Crippen LogP contribution in [0, 0.1) is 17.3 Å². The lowest BCUT2D eigenvalue weighted by atomic mass is 9.62. The number of phenolic OH excluding ortho intramolecular Hbond substituents is 1. The normalized spacial score (nSPS) is 22.7. The van der Waals surface area contributed by atoms with Crippen molar-refractivity contribution in [2.24, 2.45) is 23.0 Å². The van der Waals surface area contributed by atoms with E-state index in [0.717, 1.165) is 23.4 Å². The molecule has 0 fully saturated rings. The van der Waals surface area contributed by atoms with Crippen molar-refractivity contribution in [3.8, 4) is 16.9 Å². The van der Waals surface area contributed by atoms with Gasteiger partial charge in [-0.3, -0.25) is 14.4 Å². The predicted octanol–water partition coefficient (Wildman–Crippen LogP) is 3.26. The monoisotopic (exact) mass is 536 g/mol. The second-order valence-electron chi connectivity index (χ2n) is 11.7. The van der Waals surface area contributed by atoms with Crippen molar-refractivity contribution >= 4 is 23.2 Å². The molecule has 3 atom stereocenters. The van der Waals surface area contributed by atoms with E-state index in [1.165, 1.54) is 6.07 Å². The van der Waals surface area contributed by atoms with Gasteiger partial charge in [0.25, 0.3) is 0 Å². The number of primary amides is 1. The number of aromatic hydroxyl groups is 1. The van der Waals surface area contributed by atoms with Crippen LogP contribution in [0.1, 0.15) is 56.0 Å². The first-order valence-corrected chi connectivity index (χ1v) is 13.1. The molecule has 0 bridgehead atoms. The summed E-state index contributed by atoms with van der Waals surface area (Å²) < 4.78 is 0. The van der Waals surface area contributed by atoms with Gasteiger partial charge in [-0.2, -0.15) is 0 Å². The molecule has 0 saturated heterocycles. The third-order valence-electron chi connectivity index (χ3n) is 7.65. The van der Waals surface area contributed by atoms with E-state index in [1.54, 1.807) is 6.07 Å². The molecule has 0 saturated carbocycles. The first-order chi connectivity index (χ1) is 18.3. The highest BCUT2D eigenvalue weighted by Crippen LogP contribution is 2.50. The lowest BCUT2D eigenvalue weighted by molar-refractivity contribution is -0.147. The maximum atomic E-state index is 13.7. The number of anilines is 1. The number of allylic oxidation sites excluding steroid dienone is 1. The SMILES string of the molecule is CC(C)(C)CNc1ccc(-c2ccc(O)c3c2C[C@H]2C[C@@H](CCO)[C@@](O)(C(=O)CC(N)=O)C(O)=C2C3=O)cc1. The van der Waals surface area contributed by atoms with E-state index in [1.807, 2.05) is 24.3 Å². The molecule has 4 rings (SSSR count). The molecule has 2 aromatic rings. The number of carbonyl (C=O) groups is 3. The Hall–Kier alpha value is -3.69. The maximum absolute atomic E-state index is 13.7. The van der Waals surface area contributed by atoms with Crippen molar-refractivity contribution in [2.75, 3.05) is 18.5 Å². The number of nitrogens with one attached hydrogen (secondary N) is 1. The zero-order valence-corrected chi connectivity index (χ0v) is 22.5. The van der Waals surface area contributed by atoms with E-state index in [4.69, 9.17) is 5.73 Å². The van der Waals surface area contributed by atoms with Crippen molar-refractivity contribution in [2.45, 2.75) is 52.1 Å². The van der Waals surface area contributed by atoms with Gasteiger partial charge in [-0.25, -0.2) is 0 Å². The minimum Gasteiger partial charge on any atom is -0.508 e. The smallest absolute Gasteiger partial charge is 0.225 e. The topological polar surface area (TPSA) is 170 Å². The zero-order chi connectivity index (χ0) is 28.7. The summed E-state index contributed by atoms with van der Waals surface area (Å²) in [5.41, 5.74) is 5.72. The standard InChI is InChI=1S/C30H36N2O7/c1-29(2,3)15-32-19-6-4-16(5-7-19)20-8-9-22(34)26-21(20)13-17-12-18(10-11-33)30(39,23(35)14-24(31)36)28(38)25(17)27(26)37/h4-9,17-18,32-34,38-39H,10-15H2,1-3H3,(H2,31,36)/t17-,18-,30-/m1/s1. The Bertz CT molecular complexity index is 1340. The summed E-state index contributed by atoms with van der Waals surface area (Å²) in [6.07, 6.45) is -0.500. The molecule has 2 aliphatic rings. The van der Waals surface area contributed by atoms with Crippen LogP contribution < -0.4 is 11.1 Å². The van der Waals surface area contributed by atoms with E-state index < -0.39 is 47.1 Å². The number of amides is 1. The maximum Gasteiger partial charge on any atom is 0.225 e. The van der Waals surface area contributed by atoms with Crippen molar-refractivity contribution in [3.05, 3.63) is 58.9 Å². The van der Waals surface area contributed by atoms with Crippen LogP contribution in [0.15, 0.2) is 47.7 Å². The van der Waals surface area contributed by atoms with Gasteiger partial charge in [-0.15, -0.1) is 0 Å². The summed E-state index contributed by atoms with van der Waals surface area (Å²) in [7, 11) is 0. The van der Waals surface area contributed by atoms with Crippen molar-refractivity contribution in [3.63, 3.8) is 0 Å². The van der Waals surface area contributed by atoms with Gasteiger partial charge in [0, 0.05) is 30.3 Å². The van der Waals surface area contributed by atoms with E-state index in [9.17, 15) is 34.8 Å². The third-order valence-corrected chi connectivity index (χ3v) is 7.65. The Morgan fingerprint density at radius 1 is 1.10 bits per heavy atom. The van der Waals surface area contributed by atoms with Crippen LogP contribution in [0.3, 0.4) is 0 Å². The number of aliphatic hydroxyl groups is 3. The fourth-order valence-corrected chi connectivity index (χ4v) is 5.72. The molecule has 0 radical (unpaired) electrons. The molecule has 208 valence electrons. The molecule has 9 nitrogen and oxygen atoms in total. The van der Waals surface area contributed by atoms with Crippen molar-refractivity contribution < 1.29 is 34.8 Å². The van der Waals surface area contributed by atoms with Gasteiger partial charge in [0.2, 0.25) is 5.91 Å². The summed E-state index contributed by atoms with van der Waals surface area (Å²) in [5, 5.41) is 46.3. The first-order valence-electron chi connectivity index (χ1n) is 13.1. The van der Waals surface area contributed by atoms with Crippen LogP contribution in [-0.4, -0.2) is 56.7 Å². The number of Topliss-reactive ketones (excluding diaryl/α,β-unsaturated/α-hetero) is 2. The Labute approximate surface area is 227 Å². The highest BCUT2D eigenvalue weighted by molar-refractivity contribution is 6.15. The van der Waals surface area contributed by atoms with Crippen LogP contribution in [0.25, 0.3) is 11.1 Å². The van der Waals surface area contributed by atoms with Crippen LogP contribution in [0.4, 0.5) is 5.69 Å². The second-order valence-corrected chi connectivity index (χ2v) is 11.7. The van der Waals surface area contributed by atoms with Crippen LogP contribution in [0.5, 0.6) is 5.75 Å². The van der Waals surface area contributed by atoms with Crippen molar-refractivity contribution in [1.29, 1.82) is 0 Å². The van der Waals surface area contributed by atoms with Gasteiger partial charge in [-0.05, 0) is 65.5 Å². The minimum atomic E-state index is -2.54. The Morgan fingerprint density at radius 3 is 2.36 bits per heavy atom. The fraction of sp³-hybridized carbons (Fsp3) is 0.433. The number of hydrogen-bond acceptors (Lipinski definition) is 8. The van der Waals surface area contributed by atoms with Gasteiger partial charge >= 0.3 is 0 Å². The number of nitrogens with two attached hydrogens (primary N) is 1. The Balaban J connectivity index is 1.77. The lowest BCUT2D eigenvalue weighted by Crippen LogP contribution is -2.54. The molecule has 7 N–H and O–H groups in total. The second kappa shape index (κ2) is 10.5. The average molecular weight is 537 g/mol. The minimum absolute atomic E-state index is 0.00513. The summed E-state index contributed by atoms with van der Waals surface area (Å²) in [6, 6.07) is 10.9. The average Bonchev–Trinajstić information content (AvgIpc) is 2.85. The molecule has 39 heavy (non-hydrogen) atoms. The Morgan fingerprint density at radius 2 is 1.77 bits per heavy atom. The molecule has 0 aliphatic heterocycles. The highest BCUT2D eigenvalue weighted by Gasteiger charge is 2.55. The molecule has 0 unspecified atom stereocenters. The number of benzene rings is 2. The molecular formula is C30H36N2O7. The zero-order valence-electron chi connectivity index (χ0n) is 22.5. The van der Waals surface area contributed by atoms with Crippen LogP contribution in [0.2, 0.25) is 0 Å². The summed E-state index contributed by atoms with van der Waals surface area (Å²) in [4.78, 5) is 38.1. The van der Waals surface area contributed by atoms with Gasteiger partial charge in [-0.1, -0.05) is 39.0 Å². The molecule has 9 heteroatoms. The molecule has 2 aromatic carbocycles. The van der Waals surface area contributed by atoms with Gasteiger partial charge in [0.15, 0.2) is 17.2 Å². The number of fused-ring (bicyclic) bond motifs is 2. The molecule has 2 aliphatic carbocycles. The number of hydrogen-bond donors (Lipinski definition) is 6. The first kappa shape index (κ1) is 28.3. The van der Waals surface area contributed by atoms with Gasteiger partial charge in [0.05, 0.1) is 12.0 Å². The summed E-state index contributed by atoms with van der Waals surface area (Å²) >= 11 is 0. The van der Waals surface area contributed by atoms with Crippen LogP contribution >= 0.6 is 0 Å². The Kier molecular flexibility index (Phi) is 7.60. The predicted molar refractivity (Wildman–Crippen MR) is 146 cm³/mol. The number of phenols is 1. The summed E-state index contributed by atoms with van der Waals surface area (Å²) in [6.45, 7) is 6.83. The third kappa shape index (κ3) is 5.29. The number of carbonyl (C=O) groups excluding carboxylic acids is 3. The lowest BCUT2D eigenvalue weighted by Gasteiger charge is -2.43. The molecule has 1 amide bonds. The molecule has 0 spiro atoms. The number of rotatable bonds is 8.